The Bertz CT molecular complexity index is 1360. The van der Waals surface area contributed by atoms with E-state index in [1.54, 1.807) is 0 Å². The first-order valence-electron chi connectivity index (χ1n) is 10.1. The third-order valence-corrected chi connectivity index (χ3v) is 4.61. The molecule has 0 aliphatic carbocycles. The van der Waals surface area contributed by atoms with E-state index in [1.807, 2.05) is 0 Å². The molecule has 0 radical (unpaired) electrons. The Morgan fingerprint density at radius 2 is 1.58 bits per heavy atom. The van der Waals surface area contributed by atoms with E-state index in [1.165, 1.54) is 18.2 Å². The molecule has 0 bridgehead atoms. The van der Waals surface area contributed by atoms with Crippen molar-refractivity contribution in [3.05, 3.63) is 71.2 Å². The number of esters is 1. The van der Waals surface area contributed by atoms with Gasteiger partial charge in [0.25, 0.3) is 5.91 Å². The van der Waals surface area contributed by atoms with Crippen LogP contribution in [0, 0.1) is 5.82 Å². The summed E-state index contributed by atoms with van der Waals surface area (Å²) in [5.41, 5.74) is -3.29. The fourth-order valence-electron chi connectivity index (χ4n) is 3.02. The molecule has 38 heavy (non-hydrogen) atoms. The summed E-state index contributed by atoms with van der Waals surface area (Å²) in [6.07, 6.45) is -10.2. The lowest BCUT2D eigenvalue weighted by molar-refractivity contribution is -0.274. The van der Waals surface area contributed by atoms with E-state index in [0.717, 1.165) is 32.4 Å². The van der Waals surface area contributed by atoms with Crippen LogP contribution in [0.5, 0.6) is 23.0 Å². The van der Waals surface area contributed by atoms with Gasteiger partial charge in [0.2, 0.25) is 0 Å². The maximum atomic E-state index is 15.0. The monoisotopic (exact) mass is 548 g/mol. The molecule has 0 unspecified atom stereocenters. The Balaban J connectivity index is 2.04. The van der Waals surface area contributed by atoms with Crippen LogP contribution < -0.4 is 19.5 Å². The van der Waals surface area contributed by atoms with Crippen LogP contribution in [-0.2, 0) is 10.9 Å². The Labute approximate surface area is 208 Å². The van der Waals surface area contributed by atoms with Crippen LogP contribution in [0.2, 0.25) is 0 Å². The third-order valence-electron chi connectivity index (χ3n) is 4.61. The van der Waals surface area contributed by atoms with Crippen molar-refractivity contribution in [3.8, 4) is 23.0 Å². The Kier molecular flexibility index (Phi) is 7.98. The highest BCUT2D eigenvalue weighted by Crippen LogP contribution is 2.40. The lowest BCUT2D eigenvalue weighted by Gasteiger charge is -2.17. The minimum absolute atomic E-state index is 0.266. The summed E-state index contributed by atoms with van der Waals surface area (Å²) in [6, 6.07) is 7.06. The number of ether oxygens (including phenoxy) is 4. The van der Waals surface area contributed by atoms with Gasteiger partial charge in [-0.05, 0) is 36.4 Å². The summed E-state index contributed by atoms with van der Waals surface area (Å²) in [5.74, 6) is -6.92. The minimum atomic E-state index is -5.20. The number of nitrogens with zero attached hydrogens (tertiary/aromatic N) is 1. The molecule has 1 aromatic heterocycles. The quantitative estimate of drug-likeness (QED) is 0.287. The molecule has 0 saturated heterocycles. The molecule has 15 heteroatoms. The average Bonchev–Trinajstić information content (AvgIpc) is 2.82. The number of anilines is 1. The van der Waals surface area contributed by atoms with Crippen LogP contribution in [-0.4, -0.2) is 37.4 Å². The molecule has 0 saturated carbocycles. The van der Waals surface area contributed by atoms with Crippen molar-refractivity contribution in [2.45, 2.75) is 12.5 Å². The molecular weight excluding hydrogens is 533 g/mol. The van der Waals surface area contributed by atoms with Gasteiger partial charge >= 0.3 is 18.5 Å². The smallest absolute Gasteiger partial charge is 0.493 e. The molecule has 1 heterocycles. The van der Waals surface area contributed by atoms with Crippen molar-refractivity contribution in [2.75, 3.05) is 19.5 Å². The van der Waals surface area contributed by atoms with Gasteiger partial charge in [-0.25, -0.2) is 14.2 Å². The first-order valence-corrected chi connectivity index (χ1v) is 10.1. The highest BCUT2D eigenvalue weighted by Gasteiger charge is 2.38. The van der Waals surface area contributed by atoms with E-state index in [-0.39, 0.29) is 23.0 Å². The van der Waals surface area contributed by atoms with E-state index in [2.05, 4.69) is 19.8 Å². The van der Waals surface area contributed by atoms with Gasteiger partial charge in [0.05, 0.1) is 19.8 Å². The predicted octanol–water partition coefficient (Wildman–Crippen LogP) is 5.98. The van der Waals surface area contributed by atoms with E-state index in [9.17, 15) is 35.9 Å². The third kappa shape index (κ3) is 6.60. The van der Waals surface area contributed by atoms with Crippen LogP contribution in [0.3, 0.4) is 0 Å². The normalized spacial score (nSPS) is 11.5. The number of hydrogen-bond acceptors (Lipinski definition) is 7. The van der Waals surface area contributed by atoms with Crippen LogP contribution in [0.25, 0.3) is 0 Å². The zero-order valence-corrected chi connectivity index (χ0v) is 19.2. The largest absolute Gasteiger partial charge is 0.573 e. The van der Waals surface area contributed by atoms with Crippen LogP contribution >= 0.6 is 0 Å². The van der Waals surface area contributed by atoms with Gasteiger partial charge in [0.1, 0.15) is 22.9 Å². The van der Waals surface area contributed by atoms with Gasteiger partial charge in [-0.3, -0.25) is 4.79 Å². The highest BCUT2D eigenvalue weighted by atomic mass is 19.4. The Morgan fingerprint density at radius 1 is 0.895 bits per heavy atom. The van der Waals surface area contributed by atoms with Crippen LogP contribution in [0.15, 0.2) is 48.5 Å². The number of nitrogens with one attached hydrogen (secondary N) is 1. The number of alkyl halides is 6. The van der Waals surface area contributed by atoms with Crippen molar-refractivity contribution in [3.63, 3.8) is 0 Å². The molecule has 8 nitrogen and oxygen atoms in total. The maximum Gasteiger partial charge on any atom is 0.573 e. The molecule has 1 N–H and O–H groups in total. The Hall–Kier alpha value is -4.56. The van der Waals surface area contributed by atoms with Crippen molar-refractivity contribution in [2.24, 2.45) is 0 Å². The number of methoxy groups -OCH3 is 2. The number of halogens is 7. The van der Waals surface area contributed by atoms with Crippen molar-refractivity contribution < 1.29 is 59.3 Å². The summed E-state index contributed by atoms with van der Waals surface area (Å²) in [7, 11) is 2.10. The topological polar surface area (TPSA) is 96.0 Å². The average molecular weight is 548 g/mol. The van der Waals surface area contributed by atoms with E-state index in [4.69, 9.17) is 9.47 Å². The SMILES string of the molecule is COC(=O)c1cccc(NC(=O)c2c(Oc3ccc(OC(F)(F)F)cc3OC)ccc(C(F)(F)F)c2F)n1. The number of amides is 1. The molecule has 3 rings (SSSR count). The van der Waals surface area contributed by atoms with Gasteiger partial charge in [0.15, 0.2) is 23.0 Å². The first kappa shape index (κ1) is 28.0. The molecule has 2 aromatic carbocycles. The second-order valence-corrected chi connectivity index (χ2v) is 7.11. The highest BCUT2D eigenvalue weighted by molar-refractivity contribution is 6.06. The number of hydrogen-bond donors (Lipinski definition) is 1. The summed E-state index contributed by atoms with van der Waals surface area (Å²) >= 11 is 0. The lowest BCUT2D eigenvalue weighted by atomic mass is 10.1. The number of carbonyl (C=O) groups excluding carboxylic acids is 2. The van der Waals surface area contributed by atoms with Crippen molar-refractivity contribution in [1.29, 1.82) is 0 Å². The Morgan fingerprint density at radius 3 is 2.18 bits per heavy atom. The zero-order chi connectivity index (χ0) is 28.3. The van der Waals surface area contributed by atoms with Gasteiger partial charge in [-0.1, -0.05) is 6.07 Å². The fourth-order valence-corrected chi connectivity index (χ4v) is 3.02. The number of benzene rings is 2. The molecule has 0 spiro atoms. The molecule has 1 amide bonds. The number of pyridine rings is 1. The molecular formula is C23H15F7N2O6. The van der Waals surface area contributed by atoms with Crippen molar-refractivity contribution >= 4 is 17.7 Å². The second-order valence-electron chi connectivity index (χ2n) is 7.11. The summed E-state index contributed by atoms with van der Waals surface area (Å²) in [5, 5.41) is 2.07. The minimum Gasteiger partial charge on any atom is -0.493 e. The van der Waals surface area contributed by atoms with Gasteiger partial charge < -0.3 is 24.3 Å². The first-order chi connectivity index (χ1) is 17.7. The number of aromatic nitrogens is 1. The number of carbonyl (C=O) groups is 2. The zero-order valence-electron chi connectivity index (χ0n) is 19.2. The molecule has 3 aromatic rings. The summed E-state index contributed by atoms with van der Waals surface area (Å²) in [4.78, 5) is 28.3. The lowest BCUT2D eigenvalue weighted by Crippen LogP contribution is -2.20. The van der Waals surface area contributed by atoms with Gasteiger partial charge in [-0.2, -0.15) is 13.2 Å². The van der Waals surface area contributed by atoms with Crippen LogP contribution in [0.1, 0.15) is 26.4 Å². The molecule has 0 aliphatic rings. The van der Waals surface area contributed by atoms with E-state index < -0.39 is 52.9 Å². The molecule has 202 valence electrons. The standard InChI is InChI=1S/C23H15F7N2O6/c1-35-16-10-11(38-23(28,29)30)6-8-14(16)37-15-9-7-12(22(25,26)27)19(24)18(15)20(33)32-17-5-3-4-13(31-17)21(34)36-2/h3-10H,1-2H3,(H,31,32,33). The number of rotatable bonds is 7. The predicted molar refractivity (Wildman–Crippen MR) is 115 cm³/mol. The van der Waals surface area contributed by atoms with E-state index in [0.29, 0.717) is 12.1 Å². The molecule has 0 atom stereocenters. The molecule has 0 aliphatic heterocycles. The summed E-state index contributed by atoms with van der Waals surface area (Å²) in [6.45, 7) is 0. The molecule has 0 fully saturated rings. The van der Waals surface area contributed by atoms with E-state index >= 15 is 4.39 Å². The van der Waals surface area contributed by atoms with Crippen LogP contribution in [0.4, 0.5) is 36.6 Å². The van der Waals surface area contributed by atoms with Crippen molar-refractivity contribution in [1.82, 2.24) is 4.98 Å². The van der Waals surface area contributed by atoms with Gasteiger partial charge in [-0.15, -0.1) is 13.2 Å². The second kappa shape index (κ2) is 10.8. The van der Waals surface area contributed by atoms with Gasteiger partial charge in [0, 0.05) is 6.07 Å². The maximum absolute atomic E-state index is 15.0. The summed E-state index contributed by atoms with van der Waals surface area (Å²) < 4.78 is 111. The fraction of sp³-hybridized carbons (Fsp3) is 0.174.